The summed E-state index contributed by atoms with van der Waals surface area (Å²) in [5.74, 6) is -1.98. The molecule has 0 spiro atoms. The lowest BCUT2D eigenvalue weighted by Crippen LogP contribution is -2.43. The van der Waals surface area contributed by atoms with Gasteiger partial charge >= 0.3 is 5.97 Å². The maximum atomic E-state index is 11.9. The van der Waals surface area contributed by atoms with E-state index in [-0.39, 0.29) is 11.3 Å². The number of amides is 2. The van der Waals surface area contributed by atoms with Gasteiger partial charge < -0.3 is 10.5 Å². The maximum absolute atomic E-state index is 11.9. The number of nitrogens with one attached hydrogen (secondary N) is 2. The van der Waals surface area contributed by atoms with E-state index < -0.39 is 24.4 Å². The normalized spacial score (nSPS) is 9.88. The molecule has 0 unspecified atom stereocenters. The van der Waals surface area contributed by atoms with Crippen molar-refractivity contribution in [3.05, 3.63) is 64.7 Å². The molecule has 0 fully saturated rings. The molecular weight excluding hydrogens is 334 g/mol. The Bertz CT molecular complexity index is 765. The van der Waals surface area contributed by atoms with Crippen molar-refractivity contribution in [1.82, 2.24) is 10.9 Å². The van der Waals surface area contributed by atoms with Crippen molar-refractivity contribution in [2.24, 2.45) is 0 Å². The standard InChI is InChI=1S/C16H14ClN3O4/c17-11-6-7-13(18)12(8-11)16(23)24-9-14(21)19-20-15(22)10-4-2-1-3-5-10/h1-8H,9,18H2,(H,19,21)(H,20,22). The number of carbonyl (C=O) groups excluding carboxylic acids is 3. The Morgan fingerprint density at radius 3 is 2.46 bits per heavy atom. The summed E-state index contributed by atoms with van der Waals surface area (Å²) in [6.45, 7) is -0.583. The van der Waals surface area contributed by atoms with Crippen LogP contribution in [0.2, 0.25) is 5.02 Å². The first-order valence-corrected chi connectivity index (χ1v) is 7.21. The van der Waals surface area contributed by atoms with E-state index in [2.05, 4.69) is 10.9 Å². The summed E-state index contributed by atoms with van der Waals surface area (Å²) >= 11 is 5.78. The highest BCUT2D eigenvalue weighted by molar-refractivity contribution is 6.31. The van der Waals surface area contributed by atoms with Crippen LogP contribution >= 0.6 is 11.6 Å². The Hall–Kier alpha value is -3.06. The summed E-state index contributed by atoms with van der Waals surface area (Å²) in [6, 6.07) is 12.6. The lowest BCUT2D eigenvalue weighted by Gasteiger charge is -2.09. The third kappa shape index (κ3) is 4.72. The van der Waals surface area contributed by atoms with E-state index in [1.54, 1.807) is 30.3 Å². The summed E-state index contributed by atoms with van der Waals surface area (Å²) in [5.41, 5.74) is 10.6. The number of hydrogen-bond acceptors (Lipinski definition) is 5. The van der Waals surface area contributed by atoms with E-state index in [9.17, 15) is 14.4 Å². The van der Waals surface area contributed by atoms with Crippen molar-refractivity contribution in [3.63, 3.8) is 0 Å². The van der Waals surface area contributed by atoms with E-state index in [1.807, 2.05) is 0 Å². The predicted molar refractivity (Wildman–Crippen MR) is 88.2 cm³/mol. The average Bonchev–Trinajstić information content (AvgIpc) is 2.60. The number of rotatable bonds is 4. The van der Waals surface area contributed by atoms with Crippen LogP contribution in [0.3, 0.4) is 0 Å². The Labute approximate surface area is 142 Å². The number of anilines is 1. The second kappa shape index (κ2) is 7.98. The third-order valence-corrected chi connectivity index (χ3v) is 3.16. The Morgan fingerprint density at radius 2 is 1.75 bits per heavy atom. The number of ether oxygens (including phenoxy) is 1. The molecule has 2 amide bonds. The van der Waals surface area contributed by atoms with Crippen LogP contribution in [0.25, 0.3) is 0 Å². The molecule has 0 saturated heterocycles. The van der Waals surface area contributed by atoms with Crippen LogP contribution in [-0.4, -0.2) is 24.4 Å². The molecule has 0 aromatic heterocycles. The molecule has 8 heteroatoms. The van der Waals surface area contributed by atoms with Crippen LogP contribution in [0.15, 0.2) is 48.5 Å². The van der Waals surface area contributed by atoms with Gasteiger partial charge in [0, 0.05) is 16.3 Å². The maximum Gasteiger partial charge on any atom is 0.340 e. The van der Waals surface area contributed by atoms with E-state index in [0.29, 0.717) is 10.6 Å². The quantitative estimate of drug-likeness (QED) is 0.441. The largest absolute Gasteiger partial charge is 0.452 e. The monoisotopic (exact) mass is 347 g/mol. The number of esters is 1. The van der Waals surface area contributed by atoms with Crippen LogP contribution in [0.1, 0.15) is 20.7 Å². The van der Waals surface area contributed by atoms with Gasteiger partial charge in [-0.05, 0) is 30.3 Å². The molecule has 0 saturated carbocycles. The van der Waals surface area contributed by atoms with E-state index in [4.69, 9.17) is 22.1 Å². The molecule has 24 heavy (non-hydrogen) atoms. The first-order valence-electron chi connectivity index (χ1n) is 6.84. The van der Waals surface area contributed by atoms with Gasteiger partial charge in [0.15, 0.2) is 6.61 Å². The molecule has 124 valence electrons. The van der Waals surface area contributed by atoms with Gasteiger partial charge in [-0.1, -0.05) is 29.8 Å². The van der Waals surface area contributed by atoms with Crippen LogP contribution in [0.4, 0.5) is 5.69 Å². The summed E-state index contributed by atoms with van der Waals surface area (Å²) in [5, 5.41) is 0.315. The van der Waals surface area contributed by atoms with Gasteiger partial charge in [-0.25, -0.2) is 4.79 Å². The minimum Gasteiger partial charge on any atom is -0.452 e. The minimum absolute atomic E-state index is 0.0589. The number of hydrazine groups is 1. The number of nitrogens with two attached hydrogens (primary N) is 1. The van der Waals surface area contributed by atoms with Gasteiger partial charge in [-0.3, -0.25) is 20.4 Å². The van der Waals surface area contributed by atoms with Crippen LogP contribution < -0.4 is 16.6 Å². The van der Waals surface area contributed by atoms with Gasteiger partial charge in [-0.15, -0.1) is 0 Å². The SMILES string of the molecule is Nc1ccc(Cl)cc1C(=O)OCC(=O)NNC(=O)c1ccccc1. The number of nitrogen functional groups attached to an aromatic ring is 1. The second-order valence-electron chi connectivity index (χ2n) is 4.68. The zero-order valence-corrected chi connectivity index (χ0v) is 13.2. The molecule has 0 atom stereocenters. The molecule has 0 aliphatic heterocycles. The van der Waals surface area contributed by atoms with Gasteiger partial charge in [0.2, 0.25) is 0 Å². The topological polar surface area (TPSA) is 111 Å². The van der Waals surface area contributed by atoms with Crippen molar-refractivity contribution >= 4 is 35.1 Å². The van der Waals surface area contributed by atoms with Crippen LogP contribution in [-0.2, 0) is 9.53 Å². The zero-order valence-electron chi connectivity index (χ0n) is 12.4. The van der Waals surface area contributed by atoms with E-state index in [0.717, 1.165) is 0 Å². The summed E-state index contributed by atoms with van der Waals surface area (Å²) in [7, 11) is 0. The van der Waals surface area contributed by atoms with Crippen molar-refractivity contribution < 1.29 is 19.1 Å². The molecule has 0 radical (unpaired) electrons. The highest BCUT2D eigenvalue weighted by Gasteiger charge is 2.14. The van der Waals surface area contributed by atoms with Crippen molar-refractivity contribution in [1.29, 1.82) is 0 Å². The molecule has 4 N–H and O–H groups in total. The number of hydrogen-bond donors (Lipinski definition) is 3. The molecule has 0 aliphatic carbocycles. The number of halogens is 1. The van der Waals surface area contributed by atoms with Gasteiger partial charge in [0.25, 0.3) is 11.8 Å². The van der Waals surface area contributed by atoms with Crippen molar-refractivity contribution in [2.45, 2.75) is 0 Å². The number of benzene rings is 2. The van der Waals surface area contributed by atoms with Crippen LogP contribution in [0, 0.1) is 0 Å². The Morgan fingerprint density at radius 1 is 1.04 bits per heavy atom. The smallest absolute Gasteiger partial charge is 0.340 e. The third-order valence-electron chi connectivity index (χ3n) is 2.92. The minimum atomic E-state index is -0.792. The average molecular weight is 348 g/mol. The summed E-state index contributed by atoms with van der Waals surface area (Å²) in [4.78, 5) is 35.2. The first-order chi connectivity index (χ1) is 11.5. The Kier molecular flexibility index (Phi) is 5.75. The summed E-state index contributed by atoms with van der Waals surface area (Å²) < 4.78 is 4.82. The molecular formula is C16H14ClN3O4. The second-order valence-corrected chi connectivity index (χ2v) is 5.11. The van der Waals surface area contributed by atoms with E-state index >= 15 is 0 Å². The lowest BCUT2D eigenvalue weighted by atomic mass is 10.2. The molecule has 7 nitrogen and oxygen atoms in total. The van der Waals surface area contributed by atoms with E-state index in [1.165, 1.54) is 18.2 Å². The summed E-state index contributed by atoms with van der Waals surface area (Å²) in [6.07, 6.45) is 0. The highest BCUT2D eigenvalue weighted by atomic mass is 35.5. The predicted octanol–water partition coefficient (Wildman–Crippen LogP) is 1.54. The fourth-order valence-electron chi connectivity index (χ4n) is 1.74. The van der Waals surface area contributed by atoms with Gasteiger partial charge in [-0.2, -0.15) is 0 Å². The van der Waals surface area contributed by atoms with Gasteiger partial charge in [0.05, 0.1) is 5.56 Å². The fraction of sp³-hybridized carbons (Fsp3) is 0.0625. The van der Waals surface area contributed by atoms with Crippen molar-refractivity contribution in [3.8, 4) is 0 Å². The molecule has 2 aromatic carbocycles. The Balaban J connectivity index is 1.82. The molecule has 0 bridgehead atoms. The first kappa shape index (κ1) is 17.3. The molecule has 2 aromatic rings. The number of carbonyl (C=O) groups is 3. The zero-order chi connectivity index (χ0) is 17.5. The molecule has 0 aliphatic rings. The van der Waals surface area contributed by atoms with Gasteiger partial charge in [0.1, 0.15) is 0 Å². The fourth-order valence-corrected chi connectivity index (χ4v) is 1.91. The molecule has 2 rings (SSSR count). The van der Waals surface area contributed by atoms with Crippen LogP contribution in [0.5, 0.6) is 0 Å². The lowest BCUT2D eigenvalue weighted by molar-refractivity contribution is -0.125. The highest BCUT2D eigenvalue weighted by Crippen LogP contribution is 2.18. The molecule has 0 heterocycles. The van der Waals surface area contributed by atoms with Crippen molar-refractivity contribution in [2.75, 3.05) is 12.3 Å².